The third kappa shape index (κ3) is 3.72. The number of thiophene rings is 1. The first-order valence-electron chi connectivity index (χ1n) is 6.61. The van der Waals surface area contributed by atoms with E-state index in [2.05, 4.69) is 24.4 Å². The molecular formula is C14H20ClNOS. The number of likely N-dealkylation sites (tertiary alicyclic amines) is 1. The molecule has 2 nitrogen and oxygen atoms in total. The summed E-state index contributed by atoms with van der Waals surface area (Å²) in [6, 6.07) is 4.20. The summed E-state index contributed by atoms with van der Waals surface area (Å²) in [7, 11) is 0. The van der Waals surface area contributed by atoms with Crippen molar-refractivity contribution in [3.8, 4) is 0 Å². The zero-order valence-electron chi connectivity index (χ0n) is 10.8. The van der Waals surface area contributed by atoms with Crippen molar-refractivity contribution < 1.29 is 4.79 Å². The van der Waals surface area contributed by atoms with Gasteiger partial charge in [-0.25, -0.2) is 0 Å². The Morgan fingerprint density at radius 2 is 2.44 bits per heavy atom. The second-order valence-electron chi connectivity index (χ2n) is 5.05. The Bertz CT molecular complexity index is 379. The van der Waals surface area contributed by atoms with Gasteiger partial charge in [0.2, 0.25) is 5.91 Å². The van der Waals surface area contributed by atoms with E-state index in [0.29, 0.717) is 18.2 Å². The highest BCUT2D eigenvalue weighted by Gasteiger charge is 2.26. The SMILES string of the molecule is CC1CN(C(=O)CCCc2cccs2)CCC1Cl. The van der Waals surface area contributed by atoms with Crippen molar-refractivity contribution in [2.24, 2.45) is 5.92 Å². The van der Waals surface area contributed by atoms with E-state index in [1.54, 1.807) is 11.3 Å². The molecule has 1 amide bonds. The minimum absolute atomic E-state index is 0.236. The molecule has 1 aliphatic rings. The van der Waals surface area contributed by atoms with Crippen LogP contribution in [0.4, 0.5) is 0 Å². The minimum atomic E-state index is 0.236. The van der Waals surface area contributed by atoms with Crippen LogP contribution < -0.4 is 0 Å². The van der Waals surface area contributed by atoms with Crippen molar-refractivity contribution in [3.63, 3.8) is 0 Å². The van der Waals surface area contributed by atoms with Gasteiger partial charge in [0.1, 0.15) is 0 Å². The fourth-order valence-electron chi connectivity index (χ4n) is 2.37. The second kappa shape index (κ2) is 6.58. The van der Waals surface area contributed by atoms with Crippen LogP contribution in [-0.4, -0.2) is 29.3 Å². The number of hydrogen-bond acceptors (Lipinski definition) is 2. The van der Waals surface area contributed by atoms with E-state index in [0.717, 1.165) is 32.4 Å². The maximum atomic E-state index is 12.1. The van der Waals surface area contributed by atoms with Crippen molar-refractivity contribution in [1.29, 1.82) is 0 Å². The molecule has 0 aromatic carbocycles. The van der Waals surface area contributed by atoms with Gasteiger partial charge in [0.05, 0.1) is 0 Å². The molecule has 2 unspecified atom stereocenters. The normalized spacial score (nSPS) is 24.2. The number of nitrogens with zero attached hydrogens (tertiary/aromatic N) is 1. The number of aryl methyl sites for hydroxylation is 1. The second-order valence-corrected chi connectivity index (χ2v) is 6.65. The molecule has 1 aromatic heterocycles. The molecule has 0 aliphatic carbocycles. The smallest absolute Gasteiger partial charge is 0.222 e. The molecule has 18 heavy (non-hydrogen) atoms. The Labute approximate surface area is 118 Å². The Hall–Kier alpha value is -0.540. The third-order valence-electron chi connectivity index (χ3n) is 3.55. The lowest BCUT2D eigenvalue weighted by Gasteiger charge is -2.34. The predicted molar refractivity (Wildman–Crippen MR) is 77.3 cm³/mol. The average molecular weight is 286 g/mol. The van der Waals surface area contributed by atoms with Crippen LogP contribution in [0.1, 0.15) is 31.1 Å². The summed E-state index contributed by atoms with van der Waals surface area (Å²) in [4.78, 5) is 15.4. The fourth-order valence-corrected chi connectivity index (χ4v) is 3.30. The summed E-state index contributed by atoms with van der Waals surface area (Å²) in [6.07, 6.45) is 3.57. The first kappa shape index (κ1) is 13.9. The van der Waals surface area contributed by atoms with E-state index < -0.39 is 0 Å². The van der Waals surface area contributed by atoms with Crippen LogP contribution >= 0.6 is 22.9 Å². The van der Waals surface area contributed by atoms with E-state index in [4.69, 9.17) is 11.6 Å². The summed E-state index contributed by atoms with van der Waals surface area (Å²) in [6.45, 7) is 3.78. The van der Waals surface area contributed by atoms with Gasteiger partial charge in [-0.2, -0.15) is 0 Å². The van der Waals surface area contributed by atoms with Crippen molar-refractivity contribution in [3.05, 3.63) is 22.4 Å². The number of alkyl halides is 1. The molecule has 1 fully saturated rings. The summed E-state index contributed by atoms with van der Waals surface area (Å²) < 4.78 is 0. The van der Waals surface area contributed by atoms with Crippen LogP contribution in [-0.2, 0) is 11.2 Å². The Morgan fingerprint density at radius 3 is 3.11 bits per heavy atom. The molecule has 1 aliphatic heterocycles. The highest BCUT2D eigenvalue weighted by molar-refractivity contribution is 7.09. The first-order valence-corrected chi connectivity index (χ1v) is 7.92. The topological polar surface area (TPSA) is 20.3 Å². The van der Waals surface area contributed by atoms with Crippen LogP contribution in [0.5, 0.6) is 0 Å². The number of amides is 1. The Morgan fingerprint density at radius 1 is 1.61 bits per heavy atom. The van der Waals surface area contributed by atoms with E-state index >= 15 is 0 Å². The number of rotatable bonds is 4. The molecule has 0 saturated carbocycles. The van der Waals surface area contributed by atoms with Gasteiger partial charge in [-0.3, -0.25) is 4.79 Å². The molecule has 2 atom stereocenters. The zero-order chi connectivity index (χ0) is 13.0. The summed E-state index contributed by atoms with van der Waals surface area (Å²) in [5, 5.41) is 2.32. The number of hydrogen-bond donors (Lipinski definition) is 0. The van der Waals surface area contributed by atoms with E-state index in [1.807, 2.05) is 4.90 Å². The van der Waals surface area contributed by atoms with E-state index in [1.165, 1.54) is 4.88 Å². The van der Waals surface area contributed by atoms with E-state index in [-0.39, 0.29) is 5.38 Å². The molecule has 4 heteroatoms. The molecule has 0 bridgehead atoms. The van der Waals surface area contributed by atoms with Gasteiger partial charge in [0.15, 0.2) is 0 Å². The maximum Gasteiger partial charge on any atom is 0.222 e. The molecule has 1 saturated heterocycles. The summed E-state index contributed by atoms with van der Waals surface area (Å²) >= 11 is 7.94. The fraction of sp³-hybridized carbons (Fsp3) is 0.643. The van der Waals surface area contributed by atoms with Crippen LogP contribution in [0.25, 0.3) is 0 Å². The lowest BCUT2D eigenvalue weighted by Crippen LogP contribution is -2.43. The monoisotopic (exact) mass is 285 g/mol. The van der Waals surface area contributed by atoms with Crippen LogP contribution in [0.3, 0.4) is 0 Å². The Kier molecular flexibility index (Phi) is 5.07. The molecular weight excluding hydrogens is 266 g/mol. The first-order chi connectivity index (χ1) is 8.66. The molecule has 0 radical (unpaired) electrons. The van der Waals surface area contributed by atoms with Gasteiger partial charge in [0.25, 0.3) is 0 Å². The highest BCUT2D eigenvalue weighted by Crippen LogP contribution is 2.22. The average Bonchev–Trinajstić information content (AvgIpc) is 2.85. The maximum absolute atomic E-state index is 12.1. The highest BCUT2D eigenvalue weighted by atomic mass is 35.5. The van der Waals surface area contributed by atoms with Crippen molar-refractivity contribution in [2.45, 2.75) is 38.0 Å². The number of piperidine rings is 1. The number of carbonyl (C=O) groups is 1. The molecule has 0 spiro atoms. The predicted octanol–water partition coefficient (Wildman–Crippen LogP) is 3.55. The van der Waals surface area contributed by atoms with Crippen LogP contribution in [0.15, 0.2) is 17.5 Å². The summed E-state index contributed by atoms with van der Waals surface area (Å²) in [5.74, 6) is 0.712. The van der Waals surface area contributed by atoms with Gasteiger partial charge in [-0.15, -0.1) is 22.9 Å². The van der Waals surface area contributed by atoms with Gasteiger partial charge in [-0.05, 0) is 36.6 Å². The largest absolute Gasteiger partial charge is 0.342 e. The summed E-state index contributed by atoms with van der Waals surface area (Å²) in [5.41, 5.74) is 0. The zero-order valence-corrected chi connectivity index (χ0v) is 12.3. The van der Waals surface area contributed by atoms with Crippen LogP contribution in [0.2, 0.25) is 0 Å². The molecule has 2 rings (SSSR count). The standard InChI is InChI=1S/C14H20ClNOS/c1-11-10-16(8-7-13(11)15)14(17)6-2-4-12-5-3-9-18-12/h3,5,9,11,13H,2,4,6-8,10H2,1H3. The van der Waals surface area contributed by atoms with Gasteiger partial charge < -0.3 is 4.90 Å². The number of halogens is 1. The van der Waals surface area contributed by atoms with Crippen LogP contribution in [0, 0.1) is 5.92 Å². The molecule has 1 aromatic rings. The van der Waals surface area contributed by atoms with Gasteiger partial charge in [-0.1, -0.05) is 13.0 Å². The van der Waals surface area contributed by atoms with Crippen molar-refractivity contribution >= 4 is 28.8 Å². The van der Waals surface area contributed by atoms with Crippen molar-refractivity contribution in [2.75, 3.05) is 13.1 Å². The molecule has 2 heterocycles. The minimum Gasteiger partial charge on any atom is -0.342 e. The Balaban J connectivity index is 1.71. The lowest BCUT2D eigenvalue weighted by molar-refractivity contribution is -0.132. The van der Waals surface area contributed by atoms with Gasteiger partial charge in [0, 0.05) is 29.8 Å². The number of carbonyl (C=O) groups excluding carboxylic acids is 1. The quantitative estimate of drug-likeness (QED) is 0.775. The van der Waals surface area contributed by atoms with Gasteiger partial charge >= 0.3 is 0 Å². The van der Waals surface area contributed by atoms with E-state index in [9.17, 15) is 4.79 Å². The van der Waals surface area contributed by atoms with Crippen molar-refractivity contribution in [1.82, 2.24) is 4.90 Å². The lowest BCUT2D eigenvalue weighted by atomic mass is 9.99. The molecule has 0 N–H and O–H groups in total. The molecule has 100 valence electrons. The third-order valence-corrected chi connectivity index (χ3v) is 5.13.